The summed E-state index contributed by atoms with van der Waals surface area (Å²) in [4.78, 5) is 12.6. The summed E-state index contributed by atoms with van der Waals surface area (Å²) in [6.07, 6.45) is 4.15. The highest BCUT2D eigenvalue weighted by atomic mass is 32.2. The molecule has 0 aromatic rings. The summed E-state index contributed by atoms with van der Waals surface area (Å²) in [6, 6.07) is 0. The molecule has 1 N–H and O–H groups in total. The van der Waals surface area contributed by atoms with Gasteiger partial charge in [-0.3, -0.25) is 4.90 Å². The fourth-order valence-corrected chi connectivity index (χ4v) is 2.74. The van der Waals surface area contributed by atoms with Gasteiger partial charge in [-0.2, -0.15) is 11.8 Å². The molecule has 0 radical (unpaired) electrons. The average molecular weight is 215 g/mol. The first-order chi connectivity index (χ1) is 6.72. The molecule has 1 fully saturated rings. The summed E-state index contributed by atoms with van der Waals surface area (Å²) in [5, 5.41) is 9.16. The molecule has 1 unspecified atom stereocenters. The molecule has 1 saturated heterocycles. The number of carboxylic acids is 1. The van der Waals surface area contributed by atoms with E-state index in [4.69, 9.17) is 5.11 Å². The van der Waals surface area contributed by atoms with E-state index in [-0.39, 0.29) is 0 Å². The van der Waals surface area contributed by atoms with Gasteiger partial charge in [0.2, 0.25) is 0 Å². The van der Waals surface area contributed by atoms with E-state index in [9.17, 15) is 4.79 Å². The molecule has 1 heterocycles. The number of thioether (sulfide) groups is 1. The van der Waals surface area contributed by atoms with Crippen LogP contribution in [0.25, 0.3) is 0 Å². The Morgan fingerprint density at radius 2 is 2.50 bits per heavy atom. The lowest BCUT2D eigenvalue weighted by Gasteiger charge is -2.30. The highest BCUT2D eigenvalue weighted by Gasteiger charge is 2.17. The third kappa shape index (κ3) is 4.15. The zero-order valence-corrected chi connectivity index (χ0v) is 9.30. The molecule has 14 heavy (non-hydrogen) atoms. The summed E-state index contributed by atoms with van der Waals surface area (Å²) >= 11 is 2.02. The van der Waals surface area contributed by atoms with Crippen LogP contribution >= 0.6 is 11.8 Å². The van der Waals surface area contributed by atoms with E-state index in [2.05, 4.69) is 11.8 Å². The molecule has 0 saturated carbocycles. The lowest BCUT2D eigenvalue weighted by atomic mass is 10.3. The minimum atomic E-state index is -0.858. The van der Waals surface area contributed by atoms with Gasteiger partial charge in [0.25, 0.3) is 0 Å². The first-order valence-corrected chi connectivity index (χ1v) is 6.00. The molecule has 0 bridgehead atoms. The van der Waals surface area contributed by atoms with Gasteiger partial charge in [0.15, 0.2) is 0 Å². The van der Waals surface area contributed by atoms with Crippen molar-refractivity contribution in [1.29, 1.82) is 0 Å². The van der Waals surface area contributed by atoms with E-state index in [1.54, 1.807) is 6.08 Å². The average Bonchev–Trinajstić information content (AvgIpc) is 2.18. The number of hydrogen-bond acceptors (Lipinski definition) is 3. The maximum Gasteiger partial charge on any atom is 0.328 e. The molecule has 1 atom stereocenters. The maximum absolute atomic E-state index is 10.3. The molecular weight excluding hydrogens is 198 g/mol. The van der Waals surface area contributed by atoms with Gasteiger partial charge < -0.3 is 5.11 Å². The Morgan fingerprint density at radius 1 is 1.71 bits per heavy atom. The predicted octanol–water partition coefficient (Wildman–Crippen LogP) is 1.45. The second kappa shape index (κ2) is 6.09. The normalized spacial score (nSPS) is 24.2. The molecule has 0 spiro atoms. The van der Waals surface area contributed by atoms with Crippen molar-refractivity contribution in [2.24, 2.45) is 0 Å². The largest absolute Gasteiger partial charge is 0.478 e. The molecule has 1 aliphatic rings. The van der Waals surface area contributed by atoms with Crippen LogP contribution in [0, 0.1) is 0 Å². The molecule has 0 aromatic heterocycles. The second-order valence-corrected chi connectivity index (χ2v) is 4.81. The Balaban J connectivity index is 2.27. The van der Waals surface area contributed by atoms with Crippen molar-refractivity contribution in [3.63, 3.8) is 0 Å². The van der Waals surface area contributed by atoms with Gasteiger partial charge in [-0.1, -0.05) is 13.0 Å². The standard InChI is InChI=1S/C10H17NO2S/c1-2-9-8-11(6-7-14-9)5-3-4-10(12)13/h3-4,9H,2,5-8H2,1H3,(H,12,13)/b4-3+. The fraction of sp³-hybridized carbons (Fsp3) is 0.700. The highest BCUT2D eigenvalue weighted by Crippen LogP contribution is 2.20. The Kier molecular flexibility index (Phi) is 5.04. The van der Waals surface area contributed by atoms with Crippen molar-refractivity contribution in [3.8, 4) is 0 Å². The lowest BCUT2D eigenvalue weighted by molar-refractivity contribution is -0.131. The molecule has 1 aliphatic heterocycles. The van der Waals surface area contributed by atoms with Crippen molar-refractivity contribution in [2.45, 2.75) is 18.6 Å². The molecule has 0 aromatic carbocycles. The summed E-state index contributed by atoms with van der Waals surface area (Å²) in [5.74, 6) is 0.308. The molecule has 4 heteroatoms. The number of aliphatic carboxylic acids is 1. The van der Waals surface area contributed by atoms with Crippen LogP contribution in [0.15, 0.2) is 12.2 Å². The van der Waals surface area contributed by atoms with Crippen LogP contribution in [0.2, 0.25) is 0 Å². The molecule has 1 rings (SSSR count). The molecule has 0 aliphatic carbocycles. The van der Waals surface area contributed by atoms with Crippen molar-refractivity contribution in [1.82, 2.24) is 4.90 Å². The third-order valence-electron chi connectivity index (χ3n) is 2.30. The summed E-state index contributed by atoms with van der Waals surface area (Å²) < 4.78 is 0. The van der Waals surface area contributed by atoms with Crippen molar-refractivity contribution >= 4 is 17.7 Å². The van der Waals surface area contributed by atoms with Crippen LogP contribution in [0.3, 0.4) is 0 Å². The van der Waals surface area contributed by atoms with Crippen molar-refractivity contribution in [3.05, 3.63) is 12.2 Å². The van der Waals surface area contributed by atoms with E-state index in [0.29, 0.717) is 0 Å². The SMILES string of the molecule is CCC1CN(C/C=C/C(=O)O)CCS1. The summed E-state index contributed by atoms with van der Waals surface area (Å²) in [5.41, 5.74) is 0. The number of nitrogens with zero attached hydrogens (tertiary/aromatic N) is 1. The number of carbonyl (C=O) groups is 1. The number of carboxylic acid groups (broad SMARTS) is 1. The van der Waals surface area contributed by atoms with Gasteiger partial charge in [-0.05, 0) is 6.42 Å². The van der Waals surface area contributed by atoms with Gasteiger partial charge in [0.05, 0.1) is 0 Å². The van der Waals surface area contributed by atoms with Crippen LogP contribution in [0.5, 0.6) is 0 Å². The van der Waals surface area contributed by atoms with Gasteiger partial charge in [0, 0.05) is 36.7 Å². The zero-order valence-electron chi connectivity index (χ0n) is 8.48. The molecule has 80 valence electrons. The topological polar surface area (TPSA) is 40.5 Å². The minimum Gasteiger partial charge on any atom is -0.478 e. The van der Waals surface area contributed by atoms with Crippen LogP contribution in [-0.2, 0) is 4.79 Å². The Morgan fingerprint density at radius 3 is 3.14 bits per heavy atom. The van der Waals surface area contributed by atoms with Gasteiger partial charge >= 0.3 is 5.97 Å². The molecular formula is C10H17NO2S. The maximum atomic E-state index is 10.3. The fourth-order valence-electron chi connectivity index (χ4n) is 1.50. The van der Waals surface area contributed by atoms with E-state index in [1.165, 1.54) is 18.2 Å². The summed E-state index contributed by atoms with van der Waals surface area (Å²) in [7, 11) is 0. The smallest absolute Gasteiger partial charge is 0.328 e. The van der Waals surface area contributed by atoms with Crippen LogP contribution in [-0.4, -0.2) is 46.6 Å². The van der Waals surface area contributed by atoms with Crippen LogP contribution in [0.4, 0.5) is 0 Å². The van der Waals surface area contributed by atoms with Gasteiger partial charge in [-0.15, -0.1) is 0 Å². The van der Waals surface area contributed by atoms with Crippen LogP contribution in [0.1, 0.15) is 13.3 Å². The van der Waals surface area contributed by atoms with E-state index in [0.717, 1.165) is 24.9 Å². The zero-order chi connectivity index (χ0) is 10.4. The van der Waals surface area contributed by atoms with Gasteiger partial charge in [-0.25, -0.2) is 4.79 Å². The lowest BCUT2D eigenvalue weighted by Crippen LogP contribution is -2.37. The molecule has 3 nitrogen and oxygen atoms in total. The highest BCUT2D eigenvalue weighted by molar-refractivity contribution is 8.00. The van der Waals surface area contributed by atoms with E-state index < -0.39 is 5.97 Å². The Bertz CT molecular complexity index is 218. The van der Waals surface area contributed by atoms with E-state index >= 15 is 0 Å². The van der Waals surface area contributed by atoms with Crippen molar-refractivity contribution < 1.29 is 9.90 Å². The van der Waals surface area contributed by atoms with Crippen LogP contribution < -0.4 is 0 Å². The first kappa shape index (κ1) is 11.6. The summed E-state index contributed by atoms with van der Waals surface area (Å²) in [6.45, 7) is 5.13. The monoisotopic (exact) mass is 215 g/mol. The molecule has 0 amide bonds. The van der Waals surface area contributed by atoms with E-state index in [1.807, 2.05) is 11.8 Å². The number of rotatable bonds is 4. The van der Waals surface area contributed by atoms with Crippen molar-refractivity contribution in [2.75, 3.05) is 25.4 Å². The Hall–Kier alpha value is -0.480. The van der Waals surface area contributed by atoms with Gasteiger partial charge in [0.1, 0.15) is 0 Å². The Labute approximate surface area is 89.2 Å². The third-order valence-corrected chi connectivity index (χ3v) is 3.67. The first-order valence-electron chi connectivity index (χ1n) is 4.95. The number of hydrogen-bond donors (Lipinski definition) is 1. The predicted molar refractivity (Wildman–Crippen MR) is 59.8 cm³/mol. The minimum absolute atomic E-state index is 0.724. The quantitative estimate of drug-likeness (QED) is 0.721. The second-order valence-electron chi connectivity index (χ2n) is 3.40.